The van der Waals surface area contributed by atoms with Crippen LogP contribution < -0.4 is 9.64 Å². The number of methoxy groups -OCH3 is 1. The third-order valence-corrected chi connectivity index (χ3v) is 3.84. The molecule has 0 aliphatic carbocycles. The van der Waals surface area contributed by atoms with Crippen LogP contribution in [0.15, 0.2) is 18.2 Å². The van der Waals surface area contributed by atoms with Crippen molar-refractivity contribution < 1.29 is 19.1 Å². The van der Waals surface area contributed by atoms with Gasteiger partial charge in [-0.1, -0.05) is 0 Å². The van der Waals surface area contributed by atoms with Crippen LogP contribution in [0.1, 0.15) is 29.6 Å². The maximum atomic E-state index is 12.1. The largest absolute Gasteiger partial charge is 0.497 e. The van der Waals surface area contributed by atoms with Gasteiger partial charge < -0.3 is 14.4 Å². The van der Waals surface area contributed by atoms with Crippen LogP contribution in [0.2, 0.25) is 0 Å². The van der Waals surface area contributed by atoms with Crippen molar-refractivity contribution >= 4 is 17.4 Å². The molecule has 0 bridgehead atoms. The van der Waals surface area contributed by atoms with Gasteiger partial charge in [-0.15, -0.1) is 0 Å². The van der Waals surface area contributed by atoms with Gasteiger partial charge in [-0.25, -0.2) is 0 Å². The lowest BCUT2D eigenvalue weighted by molar-refractivity contribution is -0.114. The first-order valence-corrected chi connectivity index (χ1v) is 6.86. The van der Waals surface area contributed by atoms with E-state index >= 15 is 0 Å². The van der Waals surface area contributed by atoms with Crippen molar-refractivity contribution in [2.75, 3.05) is 25.2 Å². The van der Waals surface area contributed by atoms with Crippen molar-refractivity contribution in [2.24, 2.45) is 0 Å². The van der Waals surface area contributed by atoms with E-state index in [2.05, 4.69) is 0 Å². The zero-order valence-electron chi connectivity index (χ0n) is 11.4. The van der Waals surface area contributed by atoms with Gasteiger partial charge in [0, 0.05) is 12.7 Å². The van der Waals surface area contributed by atoms with E-state index < -0.39 is 11.7 Å². The fraction of sp³-hybridized carbons (Fsp3) is 0.467. The maximum absolute atomic E-state index is 12.1. The summed E-state index contributed by atoms with van der Waals surface area (Å²) >= 11 is 0. The second-order valence-corrected chi connectivity index (χ2v) is 5.12. The van der Waals surface area contributed by atoms with Crippen LogP contribution in [0.25, 0.3) is 0 Å². The van der Waals surface area contributed by atoms with E-state index in [1.807, 2.05) is 0 Å². The molecule has 1 saturated heterocycles. The Bertz CT molecular complexity index is 549. The number of hydrogen-bond donors (Lipinski definition) is 0. The number of ether oxygens (including phenoxy) is 2. The summed E-state index contributed by atoms with van der Waals surface area (Å²) in [5, 5.41) is 0. The molecule has 2 heterocycles. The number of benzene rings is 1. The fourth-order valence-electron chi connectivity index (χ4n) is 2.74. The van der Waals surface area contributed by atoms with Crippen molar-refractivity contribution in [1.29, 1.82) is 0 Å². The molecule has 1 atom stereocenters. The molecule has 0 radical (unpaired) electrons. The number of rotatable bonds is 3. The lowest BCUT2D eigenvalue weighted by Crippen LogP contribution is -2.39. The zero-order valence-corrected chi connectivity index (χ0v) is 11.4. The number of hydrogen-bond acceptors (Lipinski definition) is 4. The van der Waals surface area contributed by atoms with Gasteiger partial charge in [0.15, 0.2) is 0 Å². The van der Waals surface area contributed by atoms with Gasteiger partial charge in [0.1, 0.15) is 5.75 Å². The first kappa shape index (κ1) is 13.1. The molecule has 2 aliphatic heterocycles. The number of anilines is 1. The van der Waals surface area contributed by atoms with E-state index in [-0.39, 0.29) is 6.10 Å². The summed E-state index contributed by atoms with van der Waals surface area (Å²) in [6.45, 7) is 1.16. The minimum atomic E-state index is -0.470. The summed E-state index contributed by atoms with van der Waals surface area (Å²) in [5.74, 6) is -0.276. The molecule has 0 aromatic heterocycles. The number of amides is 1. The van der Waals surface area contributed by atoms with Gasteiger partial charge in [0.25, 0.3) is 11.7 Å². The van der Waals surface area contributed by atoms with Crippen LogP contribution in [0.4, 0.5) is 5.69 Å². The zero-order chi connectivity index (χ0) is 14.1. The molecular weight excluding hydrogens is 258 g/mol. The third kappa shape index (κ3) is 2.18. The molecule has 0 spiro atoms. The summed E-state index contributed by atoms with van der Waals surface area (Å²) in [4.78, 5) is 25.6. The van der Waals surface area contributed by atoms with Crippen LogP contribution >= 0.6 is 0 Å². The third-order valence-electron chi connectivity index (χ3n) is 3.84. The van der Waals surface area contributed by atoms with Gasteiger partial charge >= 0.3 is 0 Å². The van der Waals surface area contributed by atoms with Crippen LogP contribution in [-0.4, -0.2) is 38.1 Å². The molecule has 1 fully saturated rings. The molecule has 1 aromatic carbocycles. The van der Waals surface area contributed by atoms with Crippen molar-refractivity contribution in [3.8, 4) is 5.75 Å². The number of carbonyl (C=O) groups excluding carboxylic acids is 2. The van der Waals surface area contributed by atoms with Crippen molar-refractivity contribution in [1.82, 2.24) is 0 Å². The molecule has 1 unspecified atom stereocenters. The number of fused-ring (bicyclic) bond motifs is 1. The molecule has 5 heteroatoms. The quantitative estimate of drug-likeness (QED) is 0.789. The summed E-state index contributed by atoms with van der Waals surface area (Å²) in [6.07, 6.45) is 3.11. The van der Waals surface area contributed by atoms with E-state index in [1.165, 1.54) is 4.90 Å². The molecule has 1 aromatic rings. The summed E-state index contributed by atoms with van der Waals surface area (Å²) in [7, 11) is 1.56. The summed E-state index contributed by atoms with van der Waals surface area (Å²) in [6, 6.07) is 5.09. The lowest BCUT2D eigenvalue weighted by Gasteiger charge is -2.27. The number of nitrogens with zero attached hydrogens (tertiary/aromatic N) is 1. The predicted octanol–water partition coefficient (Wildman–Crippen LogP) is 1.79. The van der Waals surface area contributed by atoms with E-state index in [1.54, 1.807) is 25.3 Å². The minimum absolute atomic E-state index is 0.0117. The number of Topliss-reactive ketones (excluding diaryl/α,β-unsaturated/α-hetero) is 1. The highest BCUT2D eigenvalue weighted by Gasteiger charge is 2.37. The Morgan fingerprint density at radius 3 is 2.90 bits per heavy atom. The highest BCUT2D eigenvalue weighted by molar-refractivity contribution is 6.52. The highest BCUT2D eigenvalue weighted by atomic mass is 16.5. The Balaban J connectivity index is 1.88. The molecule has 1 amide bonds. The second kappa shape index (κ2) is 5.25. The van der Waals surface area contributed by atoms with Crippen molar-refractivity contribution in [3.63, 3.8) is 0 Å². The average molecular weight is 275 g/mol. The Morgan fingerprint density at radius 2 is 2.20 bits per heavy atom. The Kier molecular flexibility index (Phi) is 3.44. The van der Waals surface area contributed by atoms with Gasteiger partial charge in [-0.05, 0) is 31.4 Å². The van der Waals surface area contributed by atoms with E-state index in [0.717, 1.165) is 25.9 Å². The van der Waals surface area contributed by atoms with E-state index in [0.29, 0.717) is 23.5 Å². The predicted molar refractivity (Wildman–Crippen MR) is 73.3 cm³/mol. The lowest BCUT2D eigenvalue weighted by atomic mass is 10.1. The molecule has 106 valence electrons. The topological polar surface area (TPSA) is 55.8 Å². The second-order valence-electron chi connectivity index (χ2n) is 5.12. The maximum Gasteiger partial charge on any atom is 0.299 e. The Labute approximate surface area is 117 Å². The average Bonchev–Trinajstić information content (AvgIpc) is 2.73. The van der Waals surface area contributed by atoms with Gasteiger partial charge in [0.2, 0.25) is 0 Å². The van der Waals surface area contributed by atoms with E-state index in [9.17, 15) is 9.59 Å². The fourth-order valence-corrected chi connectivity index (χ4v) is 2.74. The minimum Gasteiger partial charge on any atom is -0.497 e. The van der Waals surface area contributed by atoms with Crippen LogP contribution in [-0.2, 0) is 9.53 Å². The van der Waals surface area contributed by atoms with Crippen LogP contribution in [0.3, 0.4) is 0 Å². The first-order chi connectivity index (χ1) is 9.70. The molecular formula is C15H17NO4. The molecule has 5 nitrogen and oxygen atoms in total. The standard InChI is InChI=1S/C15H17NO4/c1-19-10-5-6-12-13(8-10)16(15(18)14(12)17)9-11-4-2-3-7-20-11/h5-6,8,11H,2-4,7,9H2,1H3. The van der Waals surface area contributed by atoms with Crippen LogP contribution in [0, 0.1) is 0 Å². The Morgan fingerprint density at radius 1 is 1.35 bits per heavy atom. The Hall–Kier alpha value is -1.88. The summed E-state index contributed by atoms with van der Waals surface area (Å²) < 4.78 is 10.8. The normalized spacial score (nSPS) is 22.1. The monoisotopic (exact) mass is 275 g/mol. The molecule has 0 N–H and O–H groups in total. The molecule has 20 heavy (non-hydrogen) atoms. The number of carbonyl (C=O) groups is 2. The van der Waals surface area contributed by atoms with Crippen molar-refractivity contribution in [3.05, 3.63) is 23.8 Å². The van der Waals surface area contributed by atoms with Gasteiger partial charge in [0.05, 0.1) is 31.0 Å². The number of ketones is 1. The first-order valence-electron chi connectivity index (χ1n) is 6.86. The van der Waals surface area contributed by atoms with Crippen LogP contribution in [0.5, 0.6) is 5.75 Å². The molecule has 3 rings (SSSR count). The van der Waals surface area contributed by atoms with Crippen molar-refractivity contribution in [2.45, 2.75) is 25.4 Å². The van der Waals surface area contributed by atoms with Gasteiger partial charge in [-0.2, -0.15) is 0 Å². The molecule has 2 aliphatic rings. The van der Waals surface area contributed by atoms with Gasteiger partial charge in [-0.3, -0.25) is 9.59 Å². The smallest absolute Gasteiger partial charge is 0.299 e. The SMILES string of the molecule is COc1ccc2c(c1)N(CC1CCCCO1)C(=O)C2=O. The highest BCUT2D eigenvalue weighted by Crippen LogP contribution is 2.33. The van der Waals surface area contributed by atoms with E-state index in [4.69, 9.17) is 9.47 Å². The summed E-state index contributed by atoms with van der Waals surface area (Å²) in [5.41, 5.74) is 1.08. The molecule has 0 saturated carbocycles.